The van der Waals surface area contributed by atoms with E-state index in [-0.39, 0.29) is 18.6 Å². The van der Waals surface area contributed by atoms with Gasteiger partial charge < -0.3 is 15.4 Å². The van der Waals surface area contributed by atoms with Crippen molar-refractivity contribution in [2.75, 3.05) is 18.6 Å². The molecule has 0 bridgehead atoms. The lowest BCUT2D eigenvalue weighted by atomic mass is 10.1. The van der Waals surface area contributed by atoms with Gasteiger partial charge in [0, 0.05) is 35.0 Å². The molecule has 3 N–H and O–H groups in total. The zero-order valence-corrected chi connectivity index (χ0v) is 13.3. The number of hydrogen-bond acceptors (Lipinski definition) is 3. The largest absolute Gasteiger partial charge is 0.396 e. The minimum Gasteiger partial charge on any atom is -0.396 e. The zero-order valence-electron chi connectivity index (χ0n) is 12.5. The third-order valence-electron chi connectivity index (χ3n) is 3.57. The number of aliphatic hydroxyl groups is 1. The highest BCUT2D eigenvalue weighted by molar-refractivity contribution is 7.98. The Kier molecular flexibility index (Phi) is 5.70. The summed E-state index contributed by atoms with van der Waals surface area (Å²) in [5.74, 6) is 0.828. The summed E-state index contributed by atoms with van der Waals surface area (Å²) >= 11 is 1.67. The lowest BCUT2D eigenvalue weighted by Crippen LogP contribution is -2.38. The van der Waals surface area contributed by atoms with E-state index >= 15 is 0 Å². The maximum absolute atomic E-state index is 12.3. The summed E-state index contributed by atoms with van der Waals surface area (Å²) in [4.78, 5) is 15.6. The van der Waals surface area contributed by atoms with Crippen molar-refractivity contribution in [2.24, 2.45) is 0 Å². The van der Waals surface area contributed by atoms with Crippen LogP contribution >= 0.6 is 11.8 Å². The molecule has 1 aromatic carbocycles. The number of carbonyl (C=O) groups excluding carboxylic acids is 1. The molecule has 114 valence electrons. The summed E-state index contributed by atoms with van der Waals surface area (Å²) in [6.07, 6.45) is 2.96. The van der Waals surface area contributed by atoms with Crippen LogP contribution < -0.4 is 5.32 Å². The van der Waals surface area contributed by atoms with Gasteiger partial charge >= 0.3 is 0 Å². The van der Waals surface area contributed by atoms with Gasteiger partial charge in [-0.05, 0) is 31.2 Å². The van der Waals surface area contributed by atoms with Crippen LogP contribution in [0.3, 0.4) is 0 Å². The fourth-order valence-electron chi connectivity index (χ4n) is 2.56. The molecule has 0 radical (unpaired) electrons. The number of aliphatic hydroxyl groups excluding tert-OH is 1. The number of carbonyl (C=O) groups is 1. The van der Waals surface area contributed by atoms with Crippen LogP contribution in [-0.2, 0) is 11.2 Å². The van der Waals surface area contributed by atoms with Crippen molar-refractivity contribution in [3.63, 3.8) is 0 Å². The lowest BCUT2D eigenvalue weighted by molar-refractivity contribution is -0.121. The SMILES string of the molecule is CSCC(CCO)NC(=O)Cc1c(C)[nH]c2ccccc12. The standard InChI is InChI=1S/C16H22N2O2S/c1-11-14(13-5-3-4-6-15(13)17-11)9-16(20)18-12(7-8-19)10-21-2/h3-6,12,17,19H,7-10H2,1-2H3,(H,18,20). The first-order valence-electron chi connectivity index (χ1n) is 7.11. The first-order valence-corrected chi connectivity index (χ1v) is 8.50. The van der Waals surface area contributed by atoms with Crippen molar-refractivity contribution in [3.05, 3.63) is 35.5 Å². The van der Waals surface area contributed by atoms with Crippen molar-refractivity contribution < 1.29 is 9.90 Å². The molecule has 21 heavy (non-hydrogen) atoms. The number of fused-ring (bicyclic) bond motifs is 1. The van der Waals surface area contributed by atoms with Gasteiger partial charge in [0.1, 0.15) is 0 Å². The van der Waals surface area contributed by atoms with Crippen LogP contribution in [0.1, 0.15) is 17.7 Å². The van der Waals surface area contributed by atoms with Crippen LogP contribution in [-0.4, -0.2) is 40.7 Å². The average molecular weight is 306 g/mol. The Balaban J connectivity index is 2.08. The molecular formula is C16H22N2O2S. The highest BCUT2D eigenvalue weighted by Gasteiger charge is 2.15. The van der Waals surface area contributed by atoms with Crippen molar-refractivity contribution in [1.82, 2.24) is 10.3 Å². The molecule has 0 saturated carbocycles. The molecule has 1 heterocycles. The van der Waals surface area contributed by atoms with Crippen LogP contribution in [0.15, 0.2) is 24.3 Å². The second kappa shape index (κ2) is 7.52. The summed E-state index contributed by atoms with van der Waals surface area (Å²) in [6.45, 7) is 2.09. The maximum atomic E-state index is 12.3. The number of para-hydroxylation sites is 1. The number of benzene rings is 1. The predicted octanol–water partition coefficient (Wildman–Crippen LogP) is 2.25. The van der Waals surface area contributed by atoms with E-state index in [2.05, 4.69) is 10.3 Å². The van der Waals surface area contributed by atoms with E-state index in [4.69, 9.17) is 5.11 Å². The Morgan fingerprint density at radius 3 is 2.90 bits per heavy atom. The number of thioether (sulfide) groups is 1. The summed E-state index contributed by atoms with van der Waals surface area (Å²) in [7, 11) is 0. The van der Waals surface area contributed by atoms with Crippen LogP contribution in [0.5, 0.6) is 0 Å². The molecule has 1 atom stereocenters. The van der Waals surface area contributed by atoms with Gasteiger partial charge in [-0.1, -0.05) is 18.2 Å². The van der Waals surface area contributed by atoms with Gasteiger partial charge in [-0.15, -0.1) is 0 Å². The Hall–Kier alpha value is -1.46. The Bertz CT molecular complexity index is 603. The molecule has 1 aromatic heterocycles. The number of amides is 1. The minimum atomic E-state index is 0.00959. The third kappa shape index (κ3) is 4.02. The topological polar surface area (TPSA) is 65.1 Å². The average Bonchev–Trinajstić information content (AvgIpc) is 2.76. The molecule has 4 nitrogen and oxygen atoms in total. The highest BCUT2D eigenvalue weighted by atomic mass is 32.2. The summed E-state index contributed by atoms with van der Waals surface area (Å²) < 4.78 is 0. The molecule has 2 aromatic rings. The molecular weight excluding hydrogens is 284 g/mol. The highest BCUT2D eigenvalue weighted by Crippen LogP contribution is 2.22. The first-order chi connectivity index (χ1) is 10.2. The van der Waals surface area contributed by atoms with Gasteiger partial charge in [0.05, 0.1) is 6.42 Å². The van der Waals surface area contributed by atoms with Crippen LogP contribution in [0, 0.1) is 6.92 Å². The smallest absolute Gasteiger partial charge is 0.224 e. The van der Waals surface area contributed by atoms with E-state index in [1.54, 1.807) is 11.8 Å². The maximum Gasteiger partial charge on any atom is 0.224 e. The van der Waals surface area contributed by atoms with Crippen LogP contribution in [0.2, 0.25) is 0 Å². The fourth-order valence-corrected chi connectivity index (χ4v) is 3.21. The van der Waals surface area contributed by atoms with E-state index in [0.717, 1.165) is 27.9 Å². The second-order valence-electron chi connectivity index (χ2n) is 5.18. The molecule has 5 heteroatoms. The van der Waals surface area contributed by atoms with E-state index in [9.17, 15) is 4.79 Å². The van der Waals surface area contributed by atoms with Gasteiger partial charge in [-0.2, -0.15) is 11.8 Å². The summed E-state index contributed by atoms with van der Waals surface area (Å²) in [5.41, 5.74) is 3.15. The number of H-pyrrole nitrogens is 1. The van der Waals surface area contributed by atoms with Crippen molar-refractivity contribution >= 4 is 28.6 Å². The molecule has 0 aliphatic carbocycles. The van der Waals surface area contributed by atoms with E-state index < -0.39 is 0 Å². The number of hydrogen-bond donors (Lipinski definition) is 3. The number of aromatic nitrogens is 1. The molecule has 0 saturated heterocycles. The second-order valence-corrected chi connectivity index (χ2v) is 6.09. The van der Waals surface area contributed by atoms with Gasteiger partial charge in [0.2, 0.25) is 5.91 Å². The molecule has 1 amide bonds. The third-order valence-corrected chi connectivity index (χ3v) is 4.31. The summed E-state index contributed by atoms with van der Waals surface area (Å²) in [5, 5.41) is 13.2. The Morgan fingerprint density at radius 1 is 1.43 bits per heavy atom. The quantitative estimate of drug-likeness (QED) is 0.735. The van der Waals surface area contributed by atoms with Gasteiger partial charge in [0.25, 0.3) is 0 Å². The molecule has 0 aliphatic heterocycles. The first kappa shape index (κ1) is 15.9. The lowest BCUT2D eigenvalue weighted by Gasteiger charge is -2.16. The molecule has 0 fully saturated rings. The number of rotatable bonds is 7. The van der Waals surface area contributed by atoms with E-state index in [0.29, 0.717) is 12.8 Å². The number of aryl methyl sites for hydroxylation is 1. The Labute approximate surface area is 129 Å². The van der Waals surface area contributed by atoms with E-state index in [1.165, 1.54) is 0 Å². The minimum absolute atomic E-state index is 0.00959. The van der Waals surface area contributed by atoms with Gasteiger partial charge in [-0.25, -0.2) is 0 Å². The summed E-state index contributed by atoms with van der Waals surface area (Å²) in [6, 6.07) is 8.06. The number of nitrogens with one attached hydrogen (secondary N) is 2. The van der Waals surface area contributed by atoms with E-state index in [1.807, 2.05) is 37.4 Å². The predicted molar refractivity (Wildman–Crippen MR) is 88.8 cm³/mol. The van der Waals surface area contributed by atoms with Gasteiger partial charge in [0.15, 0.2) is 0 Å². The van der Waals surface area contributed by atoms with Crippen LogP contribution in [0.4, 0.5) is 0 Å². The Morgan fingerprint density at radius 2 is 2.19 bits per heavy atom. The molecule has 0 aliphatic rings. The van der Waals surface area contributed by atoms with Crippen molar-refractivity contribution in [3.8, 4) is 0 Å². The molecule has 2 rings (SSSR count). The van der Waals surface area contributed by atoms with Crippen molar-refractivity contribution in [2.45, 2.75) is 25.8 Å². The zero-order chi connectivity index (χ0) is 15.2. The fraction of sp³-hybridized carbons (Fsp3) is 0.438. The monoisotopic (exact) mass is 306 g/mol. The normalized spacial score (nSPS) is 12.5. The molecule has 1 unspecified atom stereocenters. The van der Waals surface area contributed by atoms with Crippen LogP contribution in [0.25, 0.3) is 10.9 Å². The molecule has 0 spiro atoms. The van der Waals surface area contributed by atoms with Gasteiger partial charge in [-0.3, -0.25) is 4.79 Å². The number of aromatic amines is 1. The van der Waals surface area contributed by atoms with Crippen molar-refractivity contribution in [1.29, 1.82) is 0 Å².